The Morgan fingerprint density at radius 1 is 1.43 bits per heavy atom. The first-order chi connectivity index (χ1) is 9.80. The molecule has 1 aromatic heterocycles. The number of aromatic carboxylic acids is 1. The number of benzene rings is 1. The van der Waals surface area contributed by atoms with Crippen molar-refractivity contribution in [1.82, 2.24) is 4.98 Å². The maximum Gasteiger partial charge on any atom is 0.336 e. The predicted molar refractivity (Wildman–Crippen MR) is 82.3 cm³/mol. The Labute approximate surface area is 130 Å². The quantitative estimate of drug-likeness (QED) is 0.879. The second-order valence-corrected chi connectivity index (χ2v) is 8.23. The molecule has 2 aromatic rings. The first kappa shape index (κ1) is 14.5. The molecular weight excluding hydrogens is 358 g/mol. The Bertz CT molecular complexity index is 876. The van der Waals surface area contributed by atoms with Crippen LogP contribution in [0.5, 0.6) is 0 Å². The van der Waals surface area contributed by atoms with Gasteiger partial charge in [0.2, 0.25) is 0 Å². The van der Waals surface area contributed by atoms with Crippen molar-refractivity contribution in [1.29, 1.82) is 0 Å². The zero-order chi connectivity index (χ0) is 15.4. The number of hydrogen-bond acceptors (Lipinski definition) is 4. The van der Waals surface area contributed by atoms with Crippen molar-refractivity contribution in [2.75, 3.05) is 6.26 Å². The molecule has 1 aliphatic carbocycles. The molecule has 1 heterocycles. The molecule has 3 rings (SSSR count). The lowest BCUT2D eigenvalue weighted by atomic mass is 10.0. The molecule has 1 atom stereocenters. The number of nitrogens with zero attached hydrogens (tertiary/aromatic N) is 1. The van der Waals surface area contributed by atoms with Crippen molar-refractivity contribution < 1.29 is 18.3 Å². The van der Waals surface area contributed by atoms with Crippen molar-refractivity contribution in [2.24, 2.45) is 0 Å². The topological polar surface area (TPSA) is 84.3 Å². The average Bonchev–Trinajstić information content (AvgIpc) is 2.79. The van der Waals surface area contributed by atoms with E-state index in [0.29, 0.717) is 39.5 Å². The van der Waals surface area contributed by atoms with Gasteiger partial charge in [-0.2, -0.15) is 0 Å². The first-order valence-corrected chi connectivity index (χ1v) is 9.08. The van der Waals surface area contributed by atoms with E-state index in [4.69, 9.17) is 0 Å². The predicted octanol–water partition coefficient (Wildman–Crippen LogP) is 2.73. The van der Waals surface area contributed by atoms with E-state index in [2.05, 4.69) is 20.9 Å². The van der Waals surface area contributed by atoms with Gasteiger partial charge in [0.25, 0.3) is 0 Å². The van der Waals surface area contributed by atoms with E-state index in [9.17, 15) is 18.3 Å². The van der Waals surface area contributed by atoms with Gasteiger partial charge in [-0.25, -0.2) is 18.2 Å². The third kappa shape index (κ3) is 2.24. The highest BCUT2D eigenvalue weighted by Gasteiger charge is 2.36. The number of carbonyl (C=O) groups is 1. The van der Waals surface area contributed by atoms with Crippen LogP contribution >= 0.6 is 15.9 Å². The van der Waals surface area contributed by atoms with Crippen LogP contribution in [0.1, 0.15) is 33.3 Å². The van der Waals surface area contributed by atoms with Gasteiger partial charge >= 0.3 is 5.97 Å². The fraction of sp³-hybridized carbons (Fsp3) is 0.286. The maximum atomic E-state index is 11.9. The van der Waals surface area contributed by atoms with Crippen LogP contribution in [0.4, 0.5) is 0 Å². The lowest BCUT2D eigenvalue weighted by Gasteiger charge is -2.12. The Morgan fingerprint density at radius 3 is 2.76 bits per heavy atom. The summed E-state index contributed by atoms with van der Waals surface area (Å²) in [7, 11) is -3.31. The number of fused-ring (bicyclic) bond motifs is 2. The van der Waals surface area contributed by atoms with E-state index in [1.165, 1.54) is 6.26 Å². The molecule has 0 saturated carbocycles. The van der Waals surface area contributed by atoms with Crippen molar-refractivity contribution >= 4 is 42.6 Å². The summed E-state index contributed by atoms with van der Waals surface area (Å²) in [5.74, 6) is -1.05. The second-order valence-electron chi connectivity index (χ2n) is 5.15. The molecule has 0 bridgehead atoms. The number of rotatable bonds is 2. The molecule has 7 heteroatoms. The summed E-state index contributed by atoms with van der Waals surface area (Å²) >= 11 is 3.35. The number of sulfone groups is 1. The number of pyridine rings is 1. The first-order valence-electron chi connectivity index (χ1n) is 6.34. The Hall–Kier alpha value is -1.47. The lowest BCUT2D eigenvalue weighted by Crippen LogP contribution is -2.11. The van der Waals surface area contributed by atoms with E-state index >= 15 is 0 Å². The highest BCUT2D eigenvalue weighted by atomic mass is 79.9. The summed E-state index contributed by atoms with van der Waals surface area (Å²) in [6.07, 6.45) is 1.97. The summed E-state index contributed by atoms with van der Waals surface area (Å²) in [5.41, 5.74) is 1.59. The fourth-order valence-corrected chi connectivity index (χ4v) is 4.50. The normalized spacial score (nSPS) is 17.9. The molecule has 0 radical (unpaired) electrons. The molecule has 21 heavy (non-hydrogen) atoms. The number of carboxylic acid groups (broad SMARTS) is 1. The van der Waals surface area contributed by atoms with Gasteiger partial charge in [-0.05, 0) is 40.4 Å². The summed E-state index contributed by atoms with van der Waals surface area (Å²) in [5, 5.41) is 9.35. The standard InChI is InChI=1S/C14H12BrNO4S/c1-21(19,20)10-6-5-8-11(14(17)18)7-3-2-4-9(15)12(7)16-13(8)10/h2-4,10H,5-6H2,1H3,(H,17,18). The second kappa shape index (κ2) is 4.78. The molecule has 1 unspecified atom stereocenters. The van der Waals surface area contributed by atoms with Crippen molar-refractivity contribution in [2.45, 2.75) is 18.1 Å². The average molecular weight is 370 g/mol. The van der Waals surface area contributed by atoms with Crippen LogP contribution in [0.15, 0.2) is 22.7 Å². The smallest absolute Gasteiger partial charge is 0.336 e. The van der Waals surface area contributed by atoms with Gasteiger partial charge in [-0.15, -0.1) is 0 Å². The van der Waals surface area contributed by atoms with E-state index in [1.807, 2.05) is 0 Å². The zero-order valence-corrected chi connectivity index (χ0v) is 13.5. The van der Waals surface area contributed by atoms with E-state index in [1.54, 1.807) is 18.2 Å². The summed E-state index contributed by atoms with van der Waals surface area (Å²) in [6.45, 7) is 0. The summed E-state index contributed by atoms with van der Waals surface area (Å²) in [4.78, 5) is 16.1. The van der Waals surface area contributed by atoms with Gasteiger partial charge in [0.15, 0.2) is 9.84 Å². The number of hydrogen-bond donors (Lipinski definition) is 1. The van der Waals surface area contributed by atoms with E-state index < -0.39 is 21.1 Å². The van der Waals surface area contributed by atoms with Gasteiger partial charge in [-0.3, -0.25) is 0 Å². The van der Waals surface area contributed by atoms with Gasteiger partial charge in [0.05, 0.1) is 16.8 Å². The minimum atomic E-state index is -3.31. The highest BCUT2D eigenvalue weighted by molar-refractivity contribution is 9.10. The molecule has 0 fully saturated rings. The molecule has 0 saturated heterocycles. The zero-order valence-electron chi connectivity index (χ0n) is 11.1. The largest absolute Gasteiger partial charge is 0.478 e. The van der Waals surface area contributed by atoms with Crippen molar-refractivity contribution in [3.63, 3.8) is 0 Å². The van der Waals surface area contributed by atoms with Gasteiger partial charge in [0.1, 0.15) is 5.25 Å². The van der Waals surface area contributed by atoms with Crippen LogP contribution in [0.3, 0.4) is 0 Å². The van der Waals surface area contributed by atoms with E-state index in [0.717, 1.165) is 0 Å². The van der Waals surface area contributed by atoms with Gasteiger partial charge < -0.3 is 5.11 Å². The molecule has 110 valence electrons. The number of aromatic nitrogens is 1. The molecular formula is C14H12BrNO4S. The number of halogens is 1. The molecule has 0 amide bonds. The molecule has 5 nitrogen and oxygen atoms in total. The Kier molecular flexibility index (Phi) is 3.29. The maximum absolute atomic E-state index is 11.9. The lowest BCUT2D eigenvalue weighted by molar-refractivity contribution is 0.0698. The number of para-hydroxylation sites is 1. The van der Waals surface area contributed by atoms with Crippen molar-refractivity contribution in [3.05, 3.63) is 39.5 Å². The third-order valence-corrected chi connectivity index (χ3v) is 5.92. The molecule has 0 spiro atoms. The van der Waals surface area contributed by atoms with Crippen LogP contribution in [-0.4, -0.2) is 30.7 Å². The van der Waals surface area contributed by atoms with Crippen LogP contribution < -0.4 is 0 Å². The Balaban J connectivity index is 2.44. The monoisotopic (exact) mass is 369 g/mol. The molecule has 1 aromatic carbocycles. The summed E-state index contributed by atoms with van der Waals surface area (Å²) < 4.78 is 24.5. The molecule has 0 aliphatic heterocycles. The van der Waals surface area contributed by atoms with Crippen LogP contribution in [0.25, 0.3) is 10.9 Å². The van der Waals surface area contributed by atoms with Crippen molar-refractivity contribution in [3.8, 4) is 0 Å². The SMILES string of the molecule is CS(=O)(=O)C1CCc2c1nc1c(Br)cccc1c2C(=O)O. The minimum Gasteiger partial charge on any atom is -0.478 e. The molecule has 1 aliphatic rings. The van der Waals surface area contributed by atoms with Crippen LogP contribution in [-0.2, 0) is 16.3 Å². The van der Waals surface area contributed by atoms with Gasteiger partial charge in [0, 0.05) is 16.1 Å². The summed E-state index contributed by atoms with van der Waals surface area (Å²) in [6, 6.07) is 5.21. The number of carboxylic acids is 1. The highest BCUT2D eigenvalue weighted by Crippen LogP contribution is 2.40. The van der Waals surface area contributed by atoms with Crippen LogP contribution in [0.2, 0.25) is 0 Å². The van der Waals surface area contributed by atoms with Crippen LogP contribution in [0, 0.1) is 0 Å². The minimum absolute atomic E-state index is 0.169. The molecule has 1 N–H and O–H groups in total. The Morgan fingerprint density at radius 2 is 2.14 bits per heavy atom. The fourth-order valence-electron chi connectivity index (χ4n) is 2.90. The van der Waals surface area contributed by atoms with E-state index in [-0.39, 0.29) is 5.56 Å². The van der Waals surface area contributed by atoms with Gasteiger partial charge in [-0.1, -0.05) is 12.1 Å². The third-order valence-electron chi connectivity index (χ3n) is 3.79.